The molecule has 0 aliphatic carbocycles. The van der Waals surface area contributed by atoms with Gasteiger partial charge in [0.1, 0.15) is 0 Å². The molecule has 2 aromatic rings. The van der Waals surface area contributed by atoms with Gasteiger partial charge in [-0.2, -0.15) is 4.39 Å². The molecule has 7 heteroatoms. The van der Waals surface area contributed by atoms with Gasteiger partial charge in [0, 0.05) is 18.3 Å². The lowest BCUT2D eigenvalue weighted by Gasteiger charge is -2.12. The summed E-state index contributed by atoms with van der Waals surface area (Å²) in [6.07, 6.45) is 1.14. The number of ether oxygens (including phenoxy) is 2. The molecule has 0 unspecified atom stereocenters. The van der Waals surface area contributed by atoms with Crippen LogP contribution in [0.3, 0.4) is 0 Å². The Bertz CT molecular complexity index is 662. The Labute approximate surface area is 125 Å². The van der Waals surface area contributed by atoms with Crippen LogP contribution < -0.4 is 14.8 Å². The van der Waals surface area contributed by atoms with Crippen LogP contribution in [0, 0.1) is 5.95 Å². The predicted octanol–water partition coefficient (Wildman–Crippen LogP) is 3.14. The van der Waals surface area contributed by atoms with Crippen LogP contribution in [-0.2, 0) is 0 Å². The Morgan fingerprint density at radius 3 is 2.48 bits per heavy atom. The molecule has 1 amide bonds. The van der Waals surface area contributed by atoms with E-state index in [1.807, 2.05) is 0 Å². The lowest BCUT2D eigenvalue weighted by atomic mass is 10.2. The van der Waals surface area contributed by atoms with Gasteiger partial charge in [0.15, 0.2) is 11.5 Å². The number of benzene rings is 1. The van der Waals surface area contributed by atoms with Gasteiger partial charge in [-0.05, 0) is 12.1 Å². The maximum absolute atomic E-state index is 12.7. The summed E-state index contributed by atoms with van der Waals surface area (Å²) in [4.78, 5) is 15.4. The quantitative estimate of drug-likeness (QED) is 0.881. The summed E-state index contributed by atoms with van der Waals surface area (Å²) < 4.78 is 23.0. The van der Waals surface area contributed by atoms with Gasteiger partial charge in [-0.3, -0.25) is 4.79 Å². The van der Waals surface area contributed by atoms with Crippen LogP contribution in [0.15, 0.2) is 30.5 Å². The van der Waals surface area contributed by atoms with Crippen LogP contribution >= 0.6 is 11.6 Å². The minimum absolute atomic E-state index is 0.210. The van der Waals surface area contributed by atoms with E-state index in [1.165, 1.54) is 32.4 Å². The van der Waals surface area contributed by atoms with Crippen molar-refractivity contribution in [2.45, 2.75) is 0 Å². The van der Waals surface area contributed by atoms with Crippen LogP contribution in [-0.4, -0.2) is 25.1 Å². The molecule has 0 atom stereocenters. The van der Waals surface area contributed by atoms with Gasteiger partial charge in [0.2, 0.25) is 5.95 Å². The number of carbonyl (C=O) groups excluding carboxylic acids is 1. The van der Waals surface area contributed by atoms with E-state index in [4.69, 9.17) is 21.1 Å². The molecule has 21 heavy (non-hydrogen) atoms. The second-order valence-electron chi connectivity index (χ2n) is 4.01. The molecule has 0 spiro atoms. The SMILES string of the molecule is COc1cc(Cl)c(NC(=O)c2ccc(F)nc2)cc1OC. The summed E-state index contributed by atoms with van der Waals surface area (Å²) in [5.41, 5.74) is 0.561. The average molecular weight is 311 g/mol. The fraction of sp³-hybridized carbons (Fsp3) is 0.143. The van der Waals surface area contributed by atoms with Crippen molar-refractivity contribution in [2.75, 3.05) is 19.5 Å². The van der Waals surface area contributed by atoms with Gasteiger partial charge in [-0.1, -0.05) is 11.6 Å². The van der Waals surface area contributed by atoms with Crippen molar-refractivity contribution in [2.24, 2.45) is 0 Å². The van der Waals surface area contributed by atoms with Gasteiger partial charge >= 0.3 is 0 Å². The zero-order chi connectivity index (χ0) is 15.4. The van der Waals surface area contributed by atoms with Gasteiger partial charge in [0.25, 0.3) is 5.91 Å². The molecule has 0 bridgehead atoms. The molecule has 1 aromatic carbocycles. The molecule has 1 aromatic heterocycles. The standard InChI is InChI=1S/C14H12ClFN2O3/c1-20-11-5-9(15)10(6-12(11)21-2)18-14(19)8-3-4-13(16)17-7-8/h3-7H,1-2H3,(H,18,19). The number of nitrogens with one attached hydrogen (secondary N) is 1. The van der Waals surface area contributed by atoms with E-state index in [-0.39, 0.29) is 10.6 Å². The normalized spacial score (nSPS) is 10.1. The highest BCUT2D eigenvalue weighted by atomic mass is 35.5. The number of aromatic nitrogens is 1. The zero-order valence-electron chi connectivity index (χ0n) is 11.3. The number of amides is 1. The second-order valence-corrected chi connectivity index (χ2v) is 4.42. The molecule has 5 nitrogen and oxygen atoms in total. The van der Waals surface area contributed by atoms with Crippen molar-refractivity contribution < 1.29 is 18.7 Å². The summed E-state index contributed by atoms with van der Waals surface area (Å²) >= 11 is 6.07. The first-order valence-corrected chi connectivity index (χ1v) is 6.27. The van der Waals surface area contributed by atoms with E-state index in [0.717, 1.165) is 12.3 Å². The summed E-state index contributed by atoms with van der Waals surface area (Å²) in [7, 11) is 2.96. The highest BCUT2D eigenvalue weighted by Gasteiger charge is 2.13. The summed E-state index contributed by atoms with van der Waals surface area (Å²) in [6.45, 7) is 0. The van der Waals surface area contributed by atoms with E-state index >= 15 is 0 Å². The van der Waals surface area contributed by atoms with Crippen molar-refractivity contribution in [1.29, 1.82) is 0 Å². The first-order chi connectivity index (χ1) is 10.0. The van der Waals surface area contributed by atoms with Crippen molar-refractivity contribution >= 4 is 23.2 Å². The van der Waals surface area contributed by atoms with E-state index in [1.54, 1.807) is 0 Å². The molecule has 110 valence electrons. The molecular formula is C14H12ClFN2O3. The third-order valence-corrected chi connectivity index (χ3v) is 3.02. The number of halogens is 2. The molecule has 0 radical (unpaired) electrons. The summed E-state index contributed by atoms with van der Waals surface area (Å²) in [5, 5.41) is 2.89. The minimum Gasteiger partial charge on any atom is -0.493 e. The van der Waals surface area contributed by atoms with Crippen LogP contribution in [0.2, 0.25) is 5.02 Å². The van der Waals surface area contributed by atoms with Crippen molar-refractivity contribution in [3.63, 3.8) is 0 Å². The molecule has 0 aliphatic heterocycles. The number of anilines is 1. The van der Waals surface area contributed by atoms with Crippen LogP contribution in [0.4, 0.5) is 10.1 Å². The van der Waals surface area contributed by atoms with Gasteiger partial charge in [0.05, 0.1) is 30.5 Å². The summed E-state index contributed by atoms with van der Waals surface area (Å²) in [6, 6.07) is 5.49. The number of nitrogens with zero attached hydrogens (tertiary/aromatic N) is 1. The van der Waals surface area contributed by atoms with Gasteiger partial charge in [-0.15, -0.1) is 0 Å². The van der Waals surface area contributed by atoms with E-state index < -0.39 is 11.9 Å². The second kappa shape index (κ2) is 6.41. The summed E-state index contributed by atoms with van der Waals surface area (Å²) in [5.74, 6) is -0.245. The molecular weight excluding hydrogens is 299 g/mol. The topological polar surface area (TPSA) is 60.5 Å². The highest BCUT2D eigenvalue weighted by Crippen LogP contribution is 2.36. The number of hydrogen-bond acceptors (Lipinski definition) is 4. The van der Waals surface area contributed by atoms with E-state index in [9.17, 15) is 9.18 Å². The number of hydrogen-bond donors (Lipinski definition) is 1. The van der Waals surface area contributed by atoms with Gasteiger partial charge < -0.3 is 14.8 Å². The maximum Gasteiger partial charge on any atom is 0.257 e. The van der Waals surface area contributed by atoms with Crippen LogP contribution in [0.1, 0.15) is 10.4 Å². The monoisotopic (exact) mass is 310 g/mol. The maximum atomic E-state index is 12.7. The minimum atomic E-state index is -0.657. The zero-order valence-corrected chi connectivity index (χ0v) is 12.1. The molecule has 0 saturated heterocycles. The smallest absolute Gasteiger partial charge is 0.257 e. The molecule has 1 heterocycles. The highest BCUT2D eigenvalue weighted by molar-refractivity contribution is 6.34. The Hall–Kier alpha value is -2.34. The Kier molecular flexibility index (Phi) is 4.59. The van der Waals surface area contributed by atoms with Crippen molar-refractivity contribution in [3.8, 4) is 11.5 Å². The average Bonchev–Trinajstić information content (AvgIpc) is 2.49. The van der Waals surface area contributed by atoms with Crippen LogP contribution in [0.5, 0.6) is 11.5 Å². The Balaban J connectivity index is 2.26. The molecule has 0 aliphatic rings. The van der Waals surface area contributed by atoms with Gasteiger partial charge in [-0.25, -0.2) is 4.98 Å². The molecule has 2 rings (SSSR count). The largest absolute Gasteiger partial charge is 0.493 e. The number of carbonyl (C=O) groups is 1. The Morgan fingerprint density at radius 2 is 1.90 bits per heavy atom. The van der Waals surface area contributed by atoms with Crippen LogP contribution in [0.25, 0.3) is 0 Å². The van der Waals surface area contributed by atoms with Crippen molar-refractivity contribution in [3.05, 3.63) is 47.0 Å². The molecule has 0 fully saturated rings. The third-order valence-electron chi connectivity index (χ3n) is 2.71. The first-order valence-electron chi connectivity index (χ1n) is 5.89. The third kappa shape index (κ3) is 3.41. The fourth-order valence-electron chi connectivity index (χ4n) is 1.65. The first kappa shape index (κ1) is 15.1. The number of rotatable bonds is 4. The molecule has 0 saturated carbocycles. The van der Waals surface area contributed by atoms with E-state index in [0.29, 0.717) is 17.2 Å². The predicted molar refractivity (Wildman–Crippen MR) is 76.7 cm³/mol. The molecule has 1 N–H and O–H groups in total. The van der Waals surface area contributed by atoms with Crippen molar-refractivity contribution in [1.82, 2.24) is 4.98 Å². The lowest BCUT2D eigenvalue weighted by Crippen LogP contribution is -2.13. The lowest BCUT2D eigenvalue weighted by molar-refractivity contribution is 0.102. The number of pyridine rings is 1. The fourth-order valence-corrected chi connectivity index (χ4v) is 1.86. The Morgan fingerprint density at radius 1 is 1.24 bits per heavy atom. The number of methoxy groups -OCH3 is 2. The van der Waals surface area contributed by atoms with E-state index in [2.05, 4.69) is 10.3 Å².